The SMILES string of the molecule is CCCCN(CCCC)C(=O)c1nc2c3c4c(sc3nc(C)n2n1)COC(C)(C)C4. The van der Waals surface area contributed by atoms with E-state index in [0.29, 0.717) is 6.61 Å². The Balaban J connectivity index is 1.79. The first kappa shape index (κ1) is 21.2. The number of carbonyl (C=O) groups is 1. The lowest BCUT2D eigenvalue weighted by Crippen LogP contribution is -2.33. The third kappa shape index (κ3) is 3.83. The molecule has 1 aliphatic heterocycles. The minimum Gasteiger partial charge on any atom is -0.370 e. The van der Waals surface area contributed by atoms with Crippen LogP contribution in [0.5, 0.6) is 0 Å². The van der Waals surface area contributed by atoms with E-state index in [2.05, 4.69) is 32.8 Å². The average molecular weight is 430 g/mol. The molecule has 8 heteroatoms. The molecule has 0 saturated carbocycles. The van der Waals surface area contributed by atoms with Crippen LogP contribution in [0, 0.1) is 6.92 Å². The number of unbranched alkanes of at least 4 members (excludes halogenated alkanes) is 2. The number of thiophene rings is 1. The number of aromatic nitrogens is 4. The molecule has 1 amide bonds. The second kappa shape index (κ2) is 8.23. The molecule has 0 fully saturated rings. The summed E-state index contributed by atoms with van der Waals surface area (Å²) < 4.78 is 7.73. The molecular formula is C22H31N5O2S. The molecule has 0 saturated heterocycles. The summed E-state index contributed by atoms with van der Waals surface area (Å²) in [4.78, 5) is 26.8. The van der Waals surface area contributed by atoms with Gasteiger partial charge in [0.25, 0.3) is 5.91 Å². The Morgan fingerprint density at radius 2 is 1.90 bits per heavy atom. The zero-order valence-electron chi connectivity index (χ0n) is 18.6. The highest BCUT2D eigenvalue weighted by Gasteiger charge is 2.31. The maximum absolute atomic E-state index is 13.3. The summed E-state index contributed by atoms with van der Waals surface area (Å²) in [6, 6.07) is 0. The smallest absolute Gasteiger partial charge is 0.293 e. The average Bonchev–Trinajstić information content (AvgIpc) is 3.28. The molecule has 7 nitrogen and oxygen atoms in total. The normalized spacial score (nSPS) is 15.6. The standard InChI is InChI=1S/C22H31N5O2S/c1-6-8-10-26(11-9-7-2)21(28)18-24-19-17-15-12-22(4,5)29-13-16(15)30-20(17)23-14(3)27(19)25-18/h6-13H2,1-5H3. The van der Waals surface area contributed by atoms with Crippen molar-refractivity contribution in [2.75, 3.05) is 13.1 Å². The van der Waals surface area contributed by atoms with Gasteiger partial charge in [0.15, 0.2) is 5.65 Å². The van der Waals surface area contributed by atoms with E-state index >= 15 is 0 Å². The third-order valence-corrected chi connectivity index (χ3v) is 6.81. The van der Waals surface area contributed by atoms with Crippen LogP contribution < -0.4 is 0 Å². The molecule has 0 aromatic carbocycles. The van der Waals surface area contributed by atoms with Crippen molar-refractivity contribution in [3.63, 3.8) is 0 Å². The molecule has 0 N–H and O–H groups in total. The van der Waals surface area contributed by atoms with Gasteiger partial charge in [-0.25, -0.2) is 9.97 Å². The molecule has 3 aromatic heterocycles. The van der Waals surface area contributed by atoms with Crippen molar-refractivity contribution < 1.29 is 9.53 Å². The Labute approximate surface area is 181 Å². The van der Waals surface area contributed by atoms with E-state index in [0.717, 1.165) is 66.9 Å². The maximum atomic E-state index is 13.3. The zero-order valence-corrected chi connectivity index (χ0v) is 19.4. The molecular weight excluding hydrogens is 398 g/mol. The van der Waals surface area contributed by atoms with Crippen LogP contribution in [0.3, 0.4) is 0 Å². The van der Waals surface area contributed by atoms with Gasteiger partial charge in [-0.05, 0) is 39.2 Å². The Hall–Kier alpha value is -2.06. The number of nitrogens with zero attached hydrogens (tertiary/aromatic N) is 5. The van der Waals surface area contributed by atoms with Gasteiger partial charge < -0.3 is 9.64 Å². The van der Waals surface area contributed by atoms with Crippen molar-refractivity contribution >= 4 is 33.1 Å². The molecule has 30 heavy (non-hydrogen) atoms. The van der Waals surface area contributed by atoms with E-state index in [9.17, 15) is 4.79 Å². The van der Waals surface area contributed by atoms with Crippen LogP contribution in [0.2, 0.25) is 0 Å². The van der Waals surface area contributed by atoms with Crippen LogP contribution in [0.1, 0.15) is 80.3 Å². The molecule has 0 radical (unpaired) electrons. The van der Waals surface area contributed by atoms with Gasteiger partial charge in [0.1, 0.15) is 10.7 Å². The molecule has 4 rings (SSSR count). The molecule has 162 valence electrons. The fourth-order valence-electron chi connectivity index (χ4n) is 3.99. The molecule has 4 heterocycles. The number of ether oxygens (including phenoxy) is 1. The van der Waals surface area contributed by atoms with Crippen molar-refractivity contribution in [3.05, 3.63) is 22.1 Å². The summed E-state index contributed by atoms with van der Waals surface area (Å²) in [6.07, 6.45) is 4.88. The minimum absolute atomic E-state index is 0.0825. The number of hydrogen-bond donors (Lipinski definition) is 0. The van der Waals surface area contributed by atoms with Gasteiger partial charge in [0.05, 0.1) is 17.6 Å². The minimum atomic E-state index is -0.224. The van der Waals surface area contributed by atoms with Crippen molar-refractivity contribution in [3.8, 4) is 0 Å². The first-order valence-corrected chi connectivity index (χ1v) is 11.8. The number of carbonyl (C=O) groups excluding carboxylic acids is 1. The van der Waals surface area contributed by atoms with Gasteiger partial charge in [-0.15, -0.1) is 16.4 Å². The van der Waals surface area contributed by atoms with Crippen LogP contribution in [0.4, 0.5) is 0 Å². The quantitative estimate of drug-likeness (QED) is 0.551. The molecule has 0 aliphatic carbocycles. The van der Waals surface area contributed by atoms with Crippen LogP contribution >= 0.6 is 11.3 Å². The Kier molecular flexibility index (Phi) is 5.81. The topological polar surface area (TPSA) is 72.6 Å². The lowest BCUT2D eigenvalue weighted by atomic mass is 9.94. The van der Waals surface area contributed by atoms with Crippen molar-refractivity contribution in [1.82, 2.24) is 24.5 Å². The van der Waals surface area contributed by atoms with Gasteiger partial charge in [-0.3, -0.25) is 4.79 Å². The summed E-state index contributed by atoms with van der Waals surface area (Å²) in [5.41, 5.74) is 1.75. The highest BCUT2D eigenvalue weighted by atomic mass is 32.1. The molecule has 0 unspecified atom stereocenters. The van der Waals surface area contributed by atoms with Crippen LogP contribution in [-0.4, -0.2) is 49.1 Å². The van der Waals surface area contributed by atoms with Crippen molar-refractivity contribution in [2.45, 2.75) is 78.9 Å². The number of amides is 1. The van der Waals surface area contributed by atoms with E-state index in [1.807, 2.05) is 11.8 Å². The second-order valence-corrected chi connectivity index (χ2v) is 9.82. The van der Waals surface area contributed by atoms with Gasteiger partial charge in [-0.1, -0.05) is 26.7 Å². The molecule has 1 aliphatic rings. The Morgan fingerprint density at radius 3 is 2.57 bits per heavy atom. The van der Waals surface area contributed by atoms with Gasteiger partial charge in [0, 0.05) is 24.4 Å². The highest BCUT2D eigenvalue weighted by Crippen LogP contribution is 2.39. The zero-order chi connectivity index (χ0) is 21.5. The fourth-order valence-corrected chi connectivity index (χ4v) is 5.13. The number of aryl methyl sites for hydroxylation is 1. The summed E-state index contributed by atoms with van der Waals surface area (Å²) in [5.74, 6) is 0.934. The van der Waals surface area contributed by atoms with Gasteiger partial charge in [-0.2, -0.15) is 4.52 Å². The first-order valence-electron chi connectivity index (χ1n) is 11.0. The Morgan fingerprint density at radius 1 is 1.20 bits per heavy atom. The molecule has 0 spiro atoms. The number of fused-ring (bicyclic) bond motifs is 5. The van der Waals surface area contributed by atoms with Gasteiger partial charge >= 0.3 is 0 Å². The summed E-state index contributed by atoms with van der Waals surface area (Å²) in [5, 5.41) is 5.61. The number of rotatable bonds is 7. The predicted octanol–water partition coefficient (Wildman–Crippen LogP) is 4.54. The number of hydrogen-bond acceptors (Lipinski definition) is 6. The largest absolute Gasteiger partial charge is 0.370 e. The summed E-state index contributed by atoms with van der Waals surface area (Å²) in [7, 11) is 0. The maximum Gasteiger partial charge on any atom is 0.293 e. The van der Waals surface area contributed by atoms with Crippen LogP contribution in [0.25, 0.3) is 15.9 Å². The summed E-state index contributed by atoms with van der Waals surface area (Å²) >= 11 is 1.66. The lowest BCUT2D eigenvalue weighted by molar-refractivity contribution is -0.0379. The monoisotopic (exact) mass is 429 g/mol. The van der Waals surface area contributed by atoms with Crippen molar-refractivity contribution in [1.29, 1.82) is 0 Å². The van der Waals surface area contributed by atoms with E-state index < -0.39 is 0 Å². The lowest BCUT2D eigenvalue weighted by Gasteiger charge is -2.30. The predicted molar refractivity (Wildman–Crippen MR) is 119 cm³/mol. The van der Waals surface area contributed by atoms with E-state index in [1.54, 1.807) is 15.9 Å². The van der Waals surface area contributed by atoms with E-state index in [4.69, 9.17) is 14.7 Å². The van der Waals surface area contributed by atoms with Gasteiger partial charge in [0.2, 0.25) is 5.82 Å². The third-order valence-electron chi connectivity index (χ3n) is 5.71. The Bertz CT molecular complexity index is 1080. The highest BCUT2D eigenvalue weighted by molar-refractivity contribution is 7.19. The summed E-state index contributed by atoms with van der Waals surface area (Å²) in [6.45, 7) is 12.5. The van der Waals surface area contributed by atoms with E-state index in [1.165, 1.54) is 10.4 Å². The van der Waals surface area contributed by atoms with Crippen LogP contribution in [-0.2, 0) is 17.8 Å². The molecule has 0 atom stereocenters. The first-order chi connectivity index (χ1) is 14.3. The second-order valence-electron chi connectivity index (χ2n) is 8.74. The van der Waals surface area contributed by atoms with Crippen LogP contribution in [0.15, 0.2) is 0 Å². The van der Waals surface area contributed by atoms with Crippen molar-refractivity contribution in [2.24, 2.45) is 0 Å². The van der Waals surface area contributed by atoms with E-state index in [-0.39, 0.29) is 17.3 Å². The molecule has 0 bridgehead atoms. The molecule has 3 aromatic rings. The fraction of sp³-hybridized carbons (Fsp3) is 0.636.